The van der Waals surface area contributed by atoms with Crippen LogP contribution in [0.3, 0.4) is 0 Å². The Bertz CT molecular complexity index is 1340. The highest BCUT2D eigenvalue weighted by Crippen LogP contribution is 2.38. The number of rotatable bonds is 7. The van der Waals surface area contributed by atoms with Gasteiger partial charge < -0.3 is 14.7 Å². The highest BCUT2D eigenvalue weighted by Gasteiger charge is 2.41. The molecule has 0 aliphatic carbocycles. The minimum Gasteiger partial charge on any atom is -0.481 e. The van der Waals surface area contributed by atoms with E-state index in [1.54, 1.807) is 30.9 Å². The van der Waals surface area contributed by atoms with Crippen molar-refractivity contribution in [2.24, 2.45) is 0 Å². The summed E-state index contributed by atoms with van der Waals surface area (Å²) in [7, 11) is 1.58. The maximum Gasteiger partial charge on any atom is 0.213 e. The lowest BCUT2D eigenvalue weighted by atomic mass is 9.96. The van der Waals surface area contributed by atoms with Crippen molar-refractivity contribution >= 4 is 46.4 Å². The van der Waals surface area contributed by atoms with Gasteiger partial charge in [-0.05, 0) is 49.4 Å². The number of hydrogen-bond acceptors (Lipinski definition) is 9. The van der Waals surface area contributed by atoms with Crippen molar-refractivity contribution in [2.45, 2.75) is 49.9 Å². The van der Waals surface area contributed by atoms with E-state index in [-0.39, 0.29) is 0 Å². The van der Waals surface area contributed by atoms with Gasteiger partial charge in [-0.1, -0.05) is 11.6 Å². The topological polar surface area (TPSA) is 86.6 Å². The van der Waals surface area contributed by atoms with E-state index >= 15 is 0 Å². The van der Waals surface area contributed by atoms with Gasteiger partial charge in [0.1, 0.15) is 5.52 Å². The number of ether oxygens (including phenoxy) is 1. The molecule has 3 aliphatic heterocycles. The fourth-order valence-corrected chi connectivity index (χ4v) is 6.72. The Morgan fingerprint density at radius 1 is 1.26 bits per heavy atom. The van der Waals surface area contributed by atoms with Gasteiger partial charge in [0.15, 0.2) is 0 Å². The van der Waals surface area contributed by atoms with Gasteiger partial charge in [-0.2, -0.15) is 4.37 Å². The Hall–Kier alpha value is -2.30. The molecule has 6 heterocycles. The SMILES string of the molecule is COc1ccc2ncc(Cl)c(C(O)CN3C4CCC3CC(NCN3C=c5cnsc5=CC3)C4)c2n1. The molecule has 3 aromatic heterocycles. The van der Waals surface area contributed by atoms with Gasteiger partial charge in [0, 0.05) is 66.7 Å². The normalized spacial score (nSPS) is 24.7. The summed E-state index contributed by atoms with van der Waals surface area (Å²) < 4.78 is 10.8. The molecule has 0 aromatic carbocycles. The van der Waals surface area contributed by atoms with Crippen LogP contribution in [0, 0.1) is 0 Å². The van der Waals surface area contributed by atoms with E-state index in [0.29, 0.717) is 52.2 Å². The number of methoxy groups -OCH3 is 1. The Morgan fingerprint density at radius 2 is 2.09 bits per heavy atom. The largest absolute Gasteiger partial charge is 0.481 e. The summed E-state index contributed by atoms with van der Waals surface area (Å²) in [5.74, 6) is 0.483. The summed E-state index contributed by atoms with van der Waals surface area (Å²) in [5.41, 5.74) is 1.94. The van der Waals surface area contributed by atoms with Crippen LogP contribution in [0.1, 0.15) is 37.4 Å². The first kappa shape index (κ1) is 23.1. The van der Waals surface area contributed by atoms with Gasteiger partial charge in [0.05, 0.1) is 35.0 Å². The van der Waals surface area contributed by atoms with E-state index in [0.717, 1.165) is 26.1 Å². The van der Waals surface area contributed by atoms with E-state index in [1.807, 2.05) is 12.3 Å². The maximum atomic E-state index is 11.3. The van der Waals surface area contributed by atoms with E-state index < -0.39 is 6.10 Å². The second-order valence-electron chi connectivity index (χ2n) is 9.62. The highest BCUT2D eigenvalue weighted by molar-refractivity contribution is 7.03. The molecule has 2 saturated heterocycles. The zero-order chi connectivity index (χ0) is 23.9. The standard InChI is InChI=1S/C25H29ClN6O2S/c1-34-23-5-4-20-25(30-23)24(19(26)11-27-20)21(33)13-32-17-2-3-18(32)9-16(8-17)28-14-31-7-6-22-15(12-31)10-29-35-22/h4-6,10-12,16-18,21,28,33H,2-3,7-9,13-14H2,1H3. The second kappa shape index (κ2) is 9.63. The van der Waals surface area contributed by atoms with Crippen LogP contribution in [0.25, 0.3) is 23.3 Å². The quantitative estimate of drug-likeness (QED) is 0.496. The van der Waals surface area contributed by atoms with Crippen LogP contribution in [0.4, 0.5) is 0 Å². The predicted octanol–water partition coefficient (Wildman–Crippen LogP) is 1.86. The third kappa shape index (κ3) is 4.51. The summed E-state index contributed by atoms with van der Waals surface area (Å²) in [6.07, 6.45) is 11.8. The molecule has 10 heteroatoms. The molecule has 3 atom stereocenters. The lowest BCUT2D eigenvalue weighted by molar-refractivity contribution is 0.0511. The molecule has 6 rings (SSSR count). The van der Waals surface area contributed by atoms with Gasteiger partial charge in [-0.25, -0.2) is 4.98 Å². The maximum absolute atomic E-state index is 11.3. The van der Waals surface area contributed by atoms with Crippen LogP contribution in [-0.4, -0.2) is 74.2 Å². The van der Waals surface area contributed by atoms with Crippen LogP contribution in [0.15, 0.2) is 24.5 Å². The van der Waals surface area contributed by atoms with E-state index in [2.05, 4.69) is 41.7 Å². The van der Waals surface area contributed by atoms with Crippen molar-refractivity contribution in [3.8, 4) is 5.88 Å². The number of fused-ring (bicyclic) bond motifs is 4. The van der Waals surface area contributed by atoms with Gasteiger partial charge in [-0.15, -0.1) is 0 Å². The molecular formula is C25H29ClN6O2S. The molecule has 2 N–H and O–H groups in total. The second-order valence-corrected chi connectivity index (χ2v) is 10.9. The predicted molar refractivity (Wildman–Crippen MR) is 138 cm³/mol. The number of piperidine rings is 1. The zero-order valence-electron chi connectivity index (χ0n) is 19.6. The first-order chi connectivity index (χ1) is 17.1. The summed E-state index contributed by atoms with van der Waals surface area (Å²) in [4.78, 5) is 13.7. The molecule has 3 unspecified atom stereocenters. The summed E-state index contributed by atoms with van der Waals surface area (Å²) in [5, 5.41) is 16.7. The average Bonchev–Trinajstić information content (AvgIpc) is 3.42. The summed E-state index contributed by atoms with van der Waals surface area (Å²) in [6.45, 7) is 2.30. The fraction of sp³-hybridized carbons (Fsp3) is 0.480. The van der Waals surface area contributed by atoms with Crippen molar-refractivity contribution in [1.29, 1.82) is 0 Å². The minimum atomic E-state index is -0.743. The Balaban J connectivity index is 1.12. The van der Waals surface area contributed by atoms with E-state index in [9.17, 15) is 5.11 Å². The van der Waals surface area contributed by atoms with E-state index in [4.69, 9.17) is 16.3 Å². The molecule has 0 saturated carbocycles. The molecule has 2 fully saturated rings. The number of nitrogens with one attached hydrogen (secondary N) is 1. The minimum absolute atomic E-state index is 0.438. The van der Waals surface area contributed by atoms with Gasteiger partial charge in [-0.3, -0.25) is 15.2 Å². The number of aliphatic hydroxyl groups excluding tert-OH is 1. The van der Waals surface area contributed by atoms with Gasteiger partial charge in [0.25, 0.3) is 0 Å². The Kier molecular flexibility index (Phi) is 6.36. The van der Waals surface area contributed by atoms with Crippen molar-refractivity contribution in [2.75, 3.05) is 26.9 Å². The first-order valence-electron chi connectivity index (χ1n) is 12.1. The van der Waals surface area contributed by atoms with Crippen LogP contribution in [0.5, 0.6) is 5.88 Å². The molecule has 2 bridgehead atoms. The highest BCUT2D eigenvalue weighted by atomic mass is 35.5. The average molecular weight is 513 g/mol. The fourth-order valence-electron chi connectivity index (χ4n) is 5.82. The molecule has 184 valence electrons. The number of pyridine rings is 2. The summed E-state index contributed by atoms with van der Waals surface area (Å²) in [6, 6.07) is 5.02. The Labute approximate surface area is 213 Å². The van der Waals surface area contributed by atoms with Crippen LogP contribution < -0.4 is 19.8 Å². The molecule has 0 amide bonds. The molecular weight excluding hydrogens is 484 g/mol. The monoisotopic (exact) mass is 512 g/mol. The number of hydrogen-bond donors (Lipinski definition) is 2. The molecule has 8 nitrogen and oxygen atoms in total. The number of nitrogens with zero attached hydrogens (tertiary/aromatic N) is 5. The lowest BCUT2D eigenvalue weighted by Crippen LogP contribution is -2.52. The lowest BCUT2D eigenvalue weighted by Gasteiger charge is -2.41. The van der Waals surface area contributed by atoms with Crippen molar-refractivity contribution in [3.05, 3.63) is 44.9 Å². The molecule has 35 heavy (non-hydrogen) atoms. The van der Waals surface area contributed by atoms with Crippen LogP contribution in [-0.2, 0) is 0 Å². The van der Waals surface area contributed by atoms with Gasteiger partial charge >= 0.3 is 0 Å². The third-order valence-corrected chi connectivity index (χ3v) is 8.64. The van der Waals surface area contributed by atoms with Crippen molar-refractivity contribution < 1.29 is 9.84 Å². The van der Waals surface area contributed by atoms with Crippen LogP contribution >= 0.6 is 23.1 Å². The molecule has 3 aliphatic rings. The molecule has 0 spiro atoms. The van der Waals surface area contributed by atoms with Crippen molar-refractivity contribution in [3.63, 3.8) is 0 Å². The van der Waals surface area contributed by atoms with Crippen LogP contribution in [0.2, 0.25) is 5.02 Å². The number of aromatic nitrogens is 3. The number of aliphatic hydroxyl groups is 1. The zero-order valence-corrected chi connectivity index (χ0v) is 21.2. The summed E-state index contributed by atoms with van der Waals surface area (Å²) >= 11 is 8.07. The molecule has 3 aromatic rings. The Morgan fingerprint density at radius 3 is 2.89 bits per heavy atom. The van der Waals surface area contributed by atoms with Crippen molar-refractivity contribution in [1.82, 2.24) is 29.5 Å². The third-order valence-electron chi connectivity index (χ3n) is 7.53. The number of halogens is 1. The van der Waals surface area contributed by atoms with Gasteiger partial charge in [0.2, 0.25) is 5.88 Å². The smallest absolute Gasteiger partial charge is 0.213 e. The van der Waals surface area contributed by atoms with E-state index in [1.165, 1.54) is 22.6 Å². The first-order valence-corrected chi connectivity index (χ1v) is 13.3. The molecule has 0 radical (unpaired) electrons.